The molecule has 2 rings (SSSR count). The zero-order valence-electron chi connectivity index (χ0n) is 12.2. The van der Waals surface area contributed by atoms with Crippen LogP contribution in [-0.2, 0) is 4.79 Å². The number of likely N-dealkylation sites (N-methyl/N-ethyl adjacent to an activating group) is 1. The number of carbonyl (C=O) groups is 1. The SMILES string of the molecule is CNCC(=O)Nc1ccc(OCC2CCCCC2)cc1. The Balaban J connectivity index is 1.77. The maximum Gasteiger partial charge on any atom is 0.238 e. The van der Waals surface area contributed by atoms with Gasteiger partial charge in [-0.1, -0.05) is 19.3 Å². The van der Waals surface area contributed by atoms with Crippen LogP contribution < -0.4 is 15.4 Å². The van der Waals surface area contributed by atoms with E-state index in [1.54, 1.807) is 7.05 Å². The predicted octanol–water partition coefficient (Wildman–Crippen LogP) is 2.80. The number of rotatable bonds is 6. The predicted molar refractivity (Wildman–Crippen MR) is 81.1 cm³/mol. The molecule has 0 unspecified atom stereocenters. The van der Waals surface area contributed by atoms with E-state index < -0.39 is 0 Å². The van der Waals surface area contributed by atoms with Gasteiger partial charge >= 0.3 is 0 Å². The largest absolute Gasteiger partial charge is 0.493 e. The molecular formula is C16H24N2O2. The lowest BCUT2D eigenvalue weighted by molar-refractivity contribution is -0.115. The molecule has 1 amide bonds. The Bertz CT molecular complexity index is 411. The van der Waals surface area contributed by atoms with Crippen LogP contribution in [0, 0.1) is 5.92 Å². The van der Waals surface area contributed by atoms with Crippen molar-refractivity contribution in [2.75, 3.05) is 25.5 Å². The molecule has 2 N–H and O–H groups in total. The summed E-state index contributed by atoms with van der Waals surface area (Å²) in [7, 11) is 1.75. The first-order valence-corrected chi connectivity index (χ1v) is 7.45. The van der Waals surface area contributed by atoms with Crippen molar-refractivity contribution in [3.8, 4) is 5.75 Å². The van der Waals surface area contributed by atoms with Gasteiger partial charge < -0.3 is 15.4 Å². The number of amides is 1. The average Bonchev–Trinajstić information content (AvgIpc) is 2.48. The van der Waals surface area contributed by atoms with Crippen LogP contribution in [0.15, 0.2) is 24.3 Å². The summed E-state index contributed by atoms with van der Waals surface area (Å²) in [4.78, 5) is 11.4. The molecule has 0 heterocycles. The van der Waals surface area contributed by atoms with Crippen molar-refractivity contribution in [2.24, 2.45) is 5.92 Å². The maximum atomic E-state index is 11.4. The van der Waals surface area contributed by atoms with Crippen molar-refractivity contribution in [2.45, 2.75) is 32.1 Å². The Morgan fingerprint density at radius 3 is 2.55 bits per heavy atom. The van der Waals surface area contributed by atoms with Gasteiger partial charge in [-0.3, -0.25) is 4.79 Å². The fourth-order valence-corrected chi connectivity index (χ4v) is 2.57. The number of benzene rings is 1. The Hall–Kier alpha value is -1.55. The lowest BCUT2D eigenvalue weighted by atomic mass is 9.90. The van der Waals surface area contributed by atoms with Crippen LogP contribution >= 0.6 is 0 Å². The van der Waals surface area contributed by atoms with E-state index >= 15 is 0 Å². The van der Waals surface area contributed by atoms with Crippen LogP contribution in [0.4, 0.5) is 5.69 Å². The summed E-state index contributed by atoms with van der Waals surface area (Å²) < 4.78 is 5.83. The van der Waals surface area contributed by atoms with E-state index in [-0.39, 0.29) is 5.91 Å². The summed E-state index contributed by atoms with van der Waals surface area (Å²) in [6.45, 7) is 1.13. The minimum Gasteiger partial charge on any atom is -0.493 e. The van der Waals surface area contributed by atoms with E-state index in [4.69, 9.17) is 4.74 Å². The highest BCUT2D eigenvalue weighted by Crippen LogP contribution is 2.25. The third-order valence-corrected chi connectivity index (χ3v) is 3.69. The molecular weight excluding hydrogens is 252 g/mol. The smallest absolute Gasteiger partial charge is 0.238 e. The van der Waals surface area contributed by atoms with Gasteiger partial charge in [0.25, 0.3) is 0 Å². The maximum absolute atomic E-state index is 11.4. The molecule has 1 saturated carbocycles. The lowest BCUT2D eigenvalue weighted by Gasteiger charge is -2.21. The summed E-state index contributed by atoms with van der Waals surface area (Å²) in [6.07, 6.45) is 6.63. The average molecular weight is 276 g/mol. The molecule has 1 aliphatic carbocycles. The molecule has 0 saturated heterocycles. The Morgan fingerprint density at radius 1 is 1.20 bits per heavy atom. The molecule has 0 aromatic heterocycles. The van der Waals surface area contributed by atoms with E-state index in [9.17, 15) is 4.79 Å². The molecule has 1 aromatic carbocycles. The minimum atomic E-state index is -0.0385. The number of nitrogens with one attached hydrogen (secondary N) is 2. The highest BCUT2D eigenvalue weighted by atomic mass is 16.5. The van der Waals surface area contributed by atoms with E-state index in [1.165, 1.54) is 32.1 Å². The van der Waals surface area contributed by atoms with Crippen molar-refractivity contribution < 1.29 is 9.53 Å². The van der Waals surface area contributed by atoms with Gasteiger partial charge in [-0.2, -0.15) is 0 Å². The van der Waals surface area contributed by atoms with Gasteiger partial charge in [-0.05, 0) is 50.1 Å². The standard InChI is InChI=1S/C16H24N2O2/c1-17-11-16(19)18-14-7-9-15(10-8-14)20-12-13-5-3-2-4-6-13/h7-10,13,17H,2-6,11-12H2,1H3,(H,18,19). The number of ether oxygens (including phenoxy) is 1. The molecule has 20 heavy (non-hydrogen) atoms. The topological polar surface area (TPSA) is 50.4 Å². The van der Waals surface area contributed by atoms with Crippen LogP contribution in [0.3, 0.4) is 0 Å². The quantitative estimate of drug-likeness (QED) is 0.840. The van der Waals surface area contributed by atoms with Crippen molar-refractivity contribution in [3.05, 3.63) is 24.3 Å². The van der Waals surface area contributed by atoms with Gasteiger partial charge in [0, 0.05) is 5.69 Å². The van der Waals surface area contributed by atoms with Crippen molar-refractivity contribution in [1.29, 1.82) is 0 Å². The van der Waals surface area contributed by atoms with Crippen LogP contribution in [-0.4, -0.2) is 26.1 Å². The van der Waals surface area contributed by atoms with E-state index in [0.29, 0.717) is 12.5 Å². The number of carbonyl (C=O) groups excluding carboxylic acids is 1. The number of anilines is 1. The number of hydrogen-bond acceptors (Lipinski definition) is 3. The molecule has 4 nitrogen and oxygen atoms in total. The number of hydrogen-bond donors (Lipinski definition) is 2. The van der Waals surface area contributed by atoms with E-state index in [1.807, 2.05) is 24.3 Å². The first-order chi connectivity index (χ1) is 9.78. The van der Waals surface area contributed by atoms with Crippen molar-refractivity contribution >= 4 is 11.6 Å². The van der Waals surface area contributed by atoms with E-state index in [2.05, 4.69) is 10.6 Å². The monoisotopic (exact) mass is 276 g/mol. The van der Waals surface area contributed by atoms with Crippen molar-refractivity contribution in [3.63, 3.8) is 0 Å². The Kier molecular flexibility index (Phi) is 5.87. The van der Waals surface area contributed by atoms with Gasteiger partial charge in [0.1, 0.15) is 5.75 Å². The van der Waals surface area contributed by atoms with Gasteiger partial charge in [-0.15, -0.1) is 0 Å². The van der Waals surface area contributed by atoms with Crippen LogP contribution in [0.2, 0.25) is 0 Å². The zero-order valence-corrected chi connectivity index (χ0v) is 12.2. The first-order valence-electron chi connectivity index (χ1n) is 7.45. The summed E-state index contributed by atoms with van der Waals surface area (Å²) >= 11 is 0. The summed E-state index contributed by atoms with van der Waals surface area (Å²) in [5.41, 5.74) is 0.801. The van der Waals surface area contributed by atoms with Crippen LogP contribution in [0.1, 0.15) is 32.1 Å². The van der Waals surface area contributed by atoms with Crippen LogP contribution in [0.5, 0.6) is 5.75 Å². The molecule has 0 radical (unpaired) electrons. The zero-order chi connectivity index (χ0) is 14.2. The second kappa shape index (κ2) is 7.90. The highest BCUT2D eigenvalue weighted by molar-refractivity contribution is 5.92. The summed E-state index contributed by atoms with van der Waals surface area (Å²) in [5, 5.41) is 5.64. The molecule has 1 aromatic rings. The van der Waals surface area contributed by atoms with Gasteiger partial charge in [0.15, 0.2) is 0 Å². The second-order valence-corrected chi connectivity index (χ2v) is 5.42. The third-order valence-electron chi connectivity index (χ3n) is 3.69. The van der Waals surface area contributed by atoms with Gasteiger partial charge in [0.05, 0.1) is 13.2 Å². The van der Waals surface area contributed by atoms with Gasteiger partial charge in [-0.25, -0.2) is 0 Å². The van der Waals surface area contributed by atoms with Gasteiger partial charge in [0.2, 0.25) is 5.91 Å². The molecule has 0 atom stereocenters. The van der Waals surface area contributed by atoms with Crippen molar-refractivity contribution in [1.82, 2.24) is 5.32 Å². The molecule has 4 heteroatoms. The van der Waals surface area contributed by atoms with Crippen LogP contribution in [0.25, 0.3) is 0 Å². The molecule has 0 spiro atoms. The Morgan fingerprint density at radius 2 is 1.90 bits per heavy atom. The Labute approximate surface area is 120 Å². The molecule has 110 valence electrons. The van der Waals surface area contributed by atoms with E-state index in [0.717, 1.165) is 18.0 Å². The fourth-order valence-electron chi connectivity index (χ4n) is 2.57. The molecule has 1 fully saturated rings. The normalized spacial score (nSPS) is 15.8. The minimum absolute atomic E-state index is 0.0385. The fraction of sp³-hybridized carbons (Fsp3) is 0.562. The molecule has 0 bridgehead atoms. The first kappa shape index (κ1) is 14.9. The summed E-state index contributed by atoms with van der Waals surface area (Å²) in [5.74, 6) is 1.55. The molecule has 0 aliphatic heterocycles. The highest BCUT2D eigenvalue weighted by Gasteiger charge is 2.13. The summed E-state index contributed by atoms with van der Waals surface area (Å²) in [6, 6.07) is 7.59. The molecule has 1 aliphatic rings. The second-order valence-electron chi connectivity index (χ2n) is 5.42. The lowest BCUT2D eigenvalue weighted by Crippen LogP contribution is -2.24. The third kappa shape index (κ3) is 4.85.